The van der Waals surface area contributed by atoms with E-state index in [9.17, 15) is 0 Å². The van der Waals surface area contributed by atoms with Gasteiger partial charge in [-0.15, -0.1) is 0 Å². The zero-order valence-corrected chi connectivity index (χ0v) is 11.1. The number of hydrogen-bond acceptors (Lipinski definition) is 2. The summed E-state index contributed by atoms with van der Waals surface area (Å²) in [5.74, 6) is 0.744. The highest BCUT2D eigenvalue weighted by Gasteiger charge is 2.31. The standard InChI is InChI=1S/C12H16Cl2N2/c1-12(2)4-3-9(6-12)16-11-10(14)5-8(13)7-15-11/h5,7,9H,3-4,6H2,1-2H3,(H,15,16). The van der Waals surface area contributed by atoms with Crippen molar-refractivity contribution in [2.45, 2.75) is 39.2 Å². The van der Waals surface area contributed by atoms with Crippen LogP contribution in [0.25, 0.3) is 0 Å². The van der Waals surface area contributed by atoms with Crippen LogP contribution in [0.5, 0.6) is 0 Å². The lowest BCUT2D eigenvalue weighted by molar-refractivity contribution is 0.378. The van der Waals surface area contributed by atoms with Gasteiger partial charge in [-0.25, -0.2) is 4.98 Å². The lowest BCUT2D eigenvalue weighted by Crippen LogP contribution is -2.18. The van der Waals surface area contributed by atoms with Gasteiger partial charge in [0.2, 0.25) is 0 Å². The normalized spacial score (nSPS) is 23.4. The molecule has 1 heterocycles. The number of halogens is 2. The van der Waals surface area contributed by atoms with E-state index in [1.165, 1.54) is 12.8 Å². The number of aromatic nitrogens is 1. The number of nitrogens with one attached hydrogen (secondary N) is 1. The number of nitrogens with zero attached hydrogens (tertiary/aromatic N) is 1. The van der Waals surface area contributed by atoms with E-state index in [0.717, 1.165) is 12.2 Å². The van der Waals surface area contributed by atoms with E-state index in [2.05, 4.69) is 24.1 Å². The quantitative estimate of drug-likeness (QED) is 0.852. The predicted molar refractivity (Wildman–Crippen MR) is 69.3 cm³/mol. The van der Waals surface area contributed by atoms with Gasteiger partial charge in [0.15, 0.2) is 0 Å². The molecular formula is C12H16Cl2N2. The van der Waals surface area contributed by atoms with Crippen LogP contribution >= 0.6 is 23.2 Å². The summed E-state index contributed by atoms with van der Waals surface area (Å²) in [6.45, 7) is 4.59. The Labute approximate surface area is 106 Å². The second-order valence-corrected chi connectivity index (χ2v) is 6.08. The fourth-order valence-corrected chi connectivity index (χ4v) is 2.71. The van der Waals surface area contributed by atoms with Gasteiger partial charge in [-0.1, -0.05) is 37.0 Å². The SMILES string of the molecule is CC1(C)CCC(Nc2ncc(Cl)cc2Cl)C1. The molecule has 1 N–H and O–H groups in total. The Hall–Kier alpha value is -0.470. The van der Waals surface area contributed by atoms with Crippen molar-refractivity contribution in [3.05, 3.63) is 22.3 Å². The molecule has 0 bridgehead atoms. The van der Waals surface area contributed by atoms with Crippen molar-refractivity contribution in [3.63, 3.8) is 0 Å². The van der Waals surface area contributed by atoms with Crippen LogP contribution in [0, 0.1) is 5.41 Å². The maximum absolute atomic E-state index is 6.07. The summed E-state index contributed by atoms with van der Waals surface area (Å²) in [6.07, 6.45) is 5.20. The van der Waals surface area contributed by atoms with Crippen molar-refractivity contribution < 1.29 is 0 Å². The molecule has 1 atom stereocenters. The van der Waals surface area contributed by atoms with Crippen LogP contribution in [0.4, 0.5) is 5.82 Å². The van der Waals surface area contributed by atoms with Gasteiger partial charge in [-0.2, -0.15) is 0 Å². The molecule has 0 aliphatic heterocycles. The van der Waals surface area contributed by atoms with Crippen LogP contribution in [-0.4, -0.2) is 11.0 Å². The average Bonchev–Trinajstić information content (AvgIpc) is 2.51. The number of hydrogen-bond donors (Lipinski definition) is 1. The topological polar surface area (TPSA) is 24.9 Å². The molecule has 4 heteroatoms. The minimum atomic E-state index is 0.427. The average molecular weight is 259 g/mol. The number of rotatable bonds is 2. The van der Waals surface area contributed by atoms with Gasteiger partial charge in [-0.3, -0.25) is 0 Å². The molecule has 1 aliphatic carbocycles. The largest absolute Gasteiger partial charge is 0.366 e. The van der Waals surface area contributed by atoms with E-state index >= 15 is 0 Å². The Bertz CT molecular complexity index is 391. The minimum absolute atomic E-state index is 0.427. The molecule has 1 fully saturated rings. The highest BCUT2D eigenvalue weighted by Crippen LogP contribution is 2.38. The Balaban J connectivity index is 2.05. The van der Waals surface area contributed by atoms with Gasteiger partial charge in [-0.05, 0) is 30.7 Å². The molecule has 0 amide bonds. The zero-order valence-electron chi connectivity index (χ0n) is 9.56. The monoisotopic (exact) mass is 258 g/mol. The summed E-state index contributed by atoms with van der Waals surface area (Å²) < 4.78 is 0. The van der Waals surface area contributed by atoms with Crippen molar-refractivity contribution in [2.24, 2.45) is 5.41 Å². The molecule has 1 aromatic heterocycles. The third-order valence-corrected chi connectivity index (χ3v) is 3.61. The molecule has 1 saturated carbocycles. The predicted octanol–water partition coefficient (Wildman–Crippen LogP) is 4.38. The van der Waals surface area contributed by atoms with Gasteiger partial charge in [0.1, 0.15) is 5.82 Å². The Morgan fingerprint density at radius 2 is 2.19 bits per heavy atom. The highest BCUT2D eigenvalue weighted by atomic mass is 35.5. The lowest BCUT2D eigenvalue weighted by Gasteiger charge is -2.18. The molecule has 1 aromatic rings. The third kappa shape index (κ3) is 2.80. The van der Waals surface area contributed by atoms with Crippen LogP contribution in [0.2, 0.25) is 10.0 Å². The van der Waals surface area contributed by atoms with Crippen LogP contribution in [0.3, 0.4) is 0 Å². The van der Waals surface area contributed by atoms with E-state index < -0.39 is 0 Å². The van der Waals surface area contributed by atoms with Gasteiger partial charge < -0.3 is 5.32 Å². The summed E-state index contributed by atoms with van der Waals surface area (Å²) in [5.41, 5.74) is 0.427. The van der Waals surface area contributed by atoms with Crippen molar-refractivity contribution in [3.8, 4) is 0 Å². The fourth-order valence-electron chi connectivity index (χ4n) is 2.27. The molecule has 0 aromatic carbocycles. The summed E-state index contributed by atoms with van der Waals surface area (Å²) in [5, 5.41) is 4.56. The first-order valence-electron chi connectivity index (χ1n) is 5.54. The van der Waals surface area contributed by atoms with E-state index in [1.807, 2.05) is 0 Å². The first kappa shape index (κ1) is 12.0. The molecule has 16 heavy (non-hydrogen) atoms. The molecule has 1 unspecified atom stereocenters. The second-order valence-electron chi connectivity index (χ2n) is 5.23. The van der Waals surface area contributed by atoms with Crippen LogP contribution < -0.4 is 5.32 Å². The highest BCUT2D eigenvalue weighted by molar-refractivity contribution is 6.35. The maximum Gasteiger partial charge on any atom is 0.145 e. The summed E-state index contributed by atoms with van der Waals surface area (Å²) in [6, 6.07) is 2.19. The van der Waals surface area contributed by atoms with Gasteiger partial charge >= 0.3 is 0 Å². The van der Waals surface area contributed by atoms with Crippen LogP contribution in [-0.2, 0) is 0 Å². The van der Waals surface area contributed by atoms with E-state index in [1.54, 1.807) is 12.3 Å². The smallest absolute Gasteiger partial charge is 0.145 e. The molecule has 2 nitrogen and oxygen atoms in total. The Morgan fingerprint density at radius 1 is 1.44 bits per heavy atom. The number of anilines is 1. The van der Waals surface area contributed by atoms with Gasteiger partial charge in [0, 0.05) is 12.2 Å². The summed E-state index contributed by atoms with van der Waals surface area (Å²) >= 11 is 11.9. The Morgan fingerprint density at radius 3 is 2.75 bits per heavy atom. The maximum atomic E-state index is 6.07. The van der Waals surface area contributed by atoms with Crippen molar-refractivity contribution >= 4 is 29.0 Å². The molecule has 1 aliphatic rings. The second kappa shape index (κ2) is 4.42. The van der Waals surface area contributed by atoms with Gasteiger partial charge in [0.25, 0.3) is 0 Å². The summed E-state index contributed by atoms with van der Waals surface area (Å²) in [4.78, 5) is 4.21. The number of pyridine rings is 1. The van der Waals surface area contributed by atoms with E-state index in [0.29, 0.717) is 21.5 Å². The molecule has 0 radical (unpaired) electrons. The zero-order chi connectivity index (χ0) is 11.8. The molecule has 0 saturated heterocycles. The first-order chi connectivity index (χ1) is 7.46. The third-order valence-electron chi connectivity index (χ3n) is 3.12. The van der Waals surface area contributed by atoms with E-state index in [-0.39, 0.29) is 0 Å². The summed E-state index contributed by atoms with van der Waals surface area (Å²) in [7, 11) is 0. The molecule has 0 spiro atoms. The van der Waals surface area contributed by atoms with Crippen molar-refractivity contribution in [2.75, 3.05) is 5.32 Å². The lowest BCUT2D eigenvalue weighted by atomic mass is 9.92. The van der Waals surface area contributed by atoms with E-state index in [4.69, 9.17) is 23.2 Å². The Kier molecular flexibility index (Phi) is 3.32. The van der Waals surface area contributed by atoms with Crippen LogP contribution in [0.15, 0.2) is 12.3 Å². The van der Waals surface area contributed by atoms with Crippen molar-refractivity contribution in [1.82, 2.24) is 4.98 Å². The first-order valence-corrected chi connectivity index (χ1v) is 6.29. The molecule has 2 rings (SSSR count). The van der Waals surface area contributed by atoms with Gasteiger partial charge in [0.05, 0.1) is 10.0 Å². The van der Waals surface area contributed by atoms with Crippen molar-refractivity contribution in [1.29, 1.82) is 0 Å². The van der Waals surface area contributed by atoms with Crippen LogP contribution in [0.1, 0.15) is 33.1 Å². The molecule has 88 valence electrons. The fraction of sp³-hybridized carbons (Fsp3) is 0.583. The molecular weight excluding hydrogens is 243 g/mol. The minimum Gasteiger partial charge on any atom is -0.366 e.